The summed E-state index contributed by atoms with van der Waals surface area (Å²) in [7, 11) is -4.63. The van der Waals surface area contributed by atoms with Crippen LogP contribution in [0.1, 0.15) is 162 Å². The third-order valence-electron chi connectivity index (χ3n) is 8.65. The van der Waals surface area contributed by atoms with Crippen LogP contribution in [-0.4, -0.2) is 76.9 Å². The molecule has 11 nitrogen and oxygen atoms in total. The third-order valence-corrected chi connectivity index (χ3v) is 9.60. The highest BCUT2D eigenvalue weighted by atomic mass is 31.2. The summed E-state index contributed by atoms with van der Waals surface area (Å²) in [5.74, 6) is -1.01. The van der Waals surface area contributed by atoms with Gasteiger partial charge in [-0.3, -0.25) is 18.6 Å². The number of aliphatic hydroxyl groups excluding tert-OH is 3. The molecule has 0 radical (unpaired) electrons. The number of hydrogen-bond donors (Lipinski definition) is 4. The van der Waals surface area contributed by atoms with E-state index >= 15 is 0 Å². The average molecular weight is 787 g/mol. The molecule has 0 spiro atoms. The summed E-state index contributed by atoms with van der Waals surface area (Å²) in [6.07, 6.45) is 36.0. The molecule has 0 aromatic rings. The van der Waals surface area contributed by atoms with Crippen molar-refractivity contribution in [3.05, 3.63) is 48.6 Å². The van der Waals surface area contributed by atoms with Crippen molar-refractivity contribution in [2.75, 3.05) is 26.4 Å². The van der Waals surface area contributed by atoms with Gasteiger partial charge in [-0.25, -0.2) is 4.57 Å². The molecular formula is C42H75O11P. The molecule has 0 fully saturated rings. The third kappa shape index (κ3) is 36.8. The van der Waals surface area contributed by atoms with E-state index in [9.17, 15) is 29.3 Å². The molecule has 0 aromatic heterocycles. The van der Waals surface area contributed by atoms with E-state index in [2.05, 4.69) is 47.9 Å². The van der Waals surface area contributed by atoms with E-state index in [1.807, 2.05) is 19.1 Å². The highest BCUT2D eigenvalue weighted by Gasteiger charge is 2.27. The fourth-order valence-corrected chi connectivity index (χ4v) is 6.05. The van der Waals surface area contributed by atoms with Crippen LogP contribution in [0.25, 0.3) is 0 Å². The molecule has 12 heteroatoms. The van der Waals surface area contributed by atoms with Crippen LogP contribution in [0, 0.1) is 0 Å². The van der Waals surface area contributed by atoms with Gasteiger partial charge in [0.05, 0.1) is 25.9 Å². The quantitative estimate of drug-likeness (QED) is 0.0204. The van der Waals surface area contributed by atoms with E-state index < -0.39 is 51.8 Å². The predicted molar refractivity (Wildman–Crippen MR) is 216 cm³/mol. The molecule has 314 valence electrons. The number of esters is 2. The number of unbranched alkanes of at least 4 members (excludes halogenated alkanes) is 13. The van der Waals surface area contributed by atoms with Crippen molar-refractivity contribution in [3.8, 4) is 0 Å². The van der Waals surface area contributed by atoms with E-state index in [-0.39, 0.29) is 25.6 Å². The Kier molecular flexibility index (Phi) is 36.3. The second kappa shape index (κ2) is 37.8. The van der Waals surface area contributed by atoms with E-state index in [1.54, 1.807) is 0 Å². The van der Waals surface area contributed by atoms with E-state index in [0.29, 0.717) is 19.3 Å². The Balaban J connectivity index is 4.42. The van der Waals surface area contributed by atoms with Crippen molar-refractivity contribution in [2.45, 2.75) is 180 Å². The lowest BCUT2D eigenvalue weighted by atomic mass is 10.0. The lowest BCUT2D eigenvalue weighted by Gasteiger charge is -2.20. The number of carbonyl (C=O) groups is 2. The Bertz CT molecular complexity index is 1060. The van der Waals surface area contributed by atoms with Crippen molar-refractivity contribution in [2.24, 2.45) is 0 Å². The highest BCUT2D eigenvalue weighted by Crippen LogP contribution is 2.43. The minimum Gasteiger partial charge on any atom is -0.462 e. The first-order valence-corrected chi connectivity index (χ1v) is 22.2. The number of phosphoric acid groups is 1. The van der Waals surface area contributed by atoms with Crippen LogP contribution >= 0.6 is 7.82 Å². The normalized spacial score (nSPS) is 15.0. The minimum atomic E-state index is -4.63. The first kappa shape index (κ1) is 51.9. The molecule has 0 bridgehead atoms. The van der Waals surface area contributed by atoms with Gasteiger partial charge in [0.25, 0.3) is 0 Å². The first-order valence-electron chi connectivity index (χ1n) is 20.7. The molecule has 0 saturated carbocycles. The Labute approximate surface area is 326 Å². The summed E-state index contributed by atoms with van der Waals surface area (Å²) in [5, 5.41) is 27.8. The molecule has 0 saturated heterocycles. The number of aliphatic hydroxyl groups is 3. The summed E-state index contributed by atoms with van der Waals surface area (Å²) < 4.78 is 32.6. The van der Waals surface area contributed by atoms with Gasteiger partial charge in [-0.1, -0.05) is 140 Å². The van der Waals surface area contributed by atoms with Crippen LogP contribution in [0.4, 0.5) is 0 Å². The number of ether oxygens (including phenoxy) is 2. The standard InChI is InChI=1S/C42H75O11P/c1-3-5-6-7-8-9-10-13-18-21-24-27-30-33-42(47)53-40(37-52-54(48,49)51-35-39(45)34-43)36-50-41(46)32-29-26-23-20-17-15-12-11-14-16-19-22-25-28-31-38(44)4-2/h12,14-16,20,22-23,25,38-40,43-45H,3-11,13,17-19,21,24,26-37H2,1-2H3,(H,48,49)/b15-12-,16-14-,23-20-,25-22-/t38-,39-,40+/m0/s1. The summed E-state index contributed by atoms with van der Waals surface area (Å²) in [6.45, 7) is 2.02. The van der Waals surface area contributed by atoms with Crippen LogP contribution in [0.3, 0.4) is 0 Å². The lowest BCUT2D eigenvalue weighted by Crippen LogP contribution is -2.29. The van der Waals surface area contributed by atoms with Crippen molar-refractivity contribution in [3.63, 3.8) is 0 Å². The van der Waals surface area contributed by atoms with Crippen molar-refractivity contribution < 1.29 is 52.9 Å². The fraction of sp³-hybridized carbons (Fsp3) is 0.762. The van der Waals surface area contributed by atoms with Gasteiger partial charge in [0, 0.05) is 12.8 Å². The van der Waals surface area contributed by atoms with E-state index in [4.69, 9.17) is 19.1 Å². The van der Waals surface area contributed by atoms with Crippen molar-refractivity contribution >= 4 is 19.8 Å². The van der Waals surface area contributed by atoms with Gasteiger partial charge in [-0.05, 0) is 57.8 Å². The number of rotatable bonds is 38. The van der Waals surface area contributed by atoms with Crippen LogP contribution < -0.4 is 0 Å². The second-order valence-electron chi connectivity index (χ2n) is 13.8. The molecule has 0 aliphatic carbocycles. The zero-order chi connectivity index (χ0) is 40.0. The van der Waals surface area contributed by atoms with Gasteiger partial charge in [0.1, 0.15) is 12.7 Å². The number of carbonyl (C=O) groups excluding carboxylic acids is 2. The molecule has 0 aliphatic rings. The maximum atomic E-state index is 12.6. The van der Waals surface area contributed by atoms with E-state index in [1.165, 1.54) is 57.8 Å². The van der Waals surface area contributed by atoms with Gasteiger partial charge in [-0.15, -0.1) is 0 Å². The number of hydrogen-bond acceptors (Lipinski definition) is 10. The molecule has 4 atom stereocenters. The summed E-state index contributed by atoms with van der Waals surface area (Å²) in [4.78, 5) is 34.9. The first-order chi connectivity index (χ1) is 26.1. The highest BCUT2D eigenvalue weighted by molar-refractivity contribution is 7.47. The van der Waals surface area contributed by atoms with Crippen LogP contribution in [0.5, 0.6) is 0 Å². The second-order valence-corrected chi connectivity index (χ2v) is 15.3. The van der Waals surface area contributed by atoms with Gasteiger partial charge in [0.2, 0.25) is 0 Å². The Morgan fingerprint density at radius 1 is 0.593 bits per heavy atom. The zero-order valence-corrected chi connectivity index (χ0v) is 34.4. The molecule has 1 unspecified atom stereocenters. The van der Waals surface area contributed by atoms with Gasteiger partial charge >= 0.3 is 19.8 Å². The minimum absolute atomic E-state index is 0.153. The molecule has 54 heavy (non-hydrogen) atoms. The maximum Gasteiger partial charge on any atom is 0.472 e. The molecule has 0 aromatic carbocycles. The predicted octanol–water partition coefficient (Wildman–Crippen LogP) is 9.53. The smallest absolute Gasteiger partial charge is 0.462 e. The Hall–Kier alpha value is -2.11. The number of allylic oxidation sites excluding steroid dienone is 8. The molecule has 0 heterocycles. The van der Waals surface area contributed by atoms with Gasteiger partial charge in [-0.2, -0.15) is 0 Å². The topological polar surface area (TPSA) is 169 Å². The SMILES string of the molecule is CCCCCCCCCCCCCCCC(=O)O[C@H](COC(=O)CCC/C=C\C/C=C\C/C=C\C/C=C\CC[C@@H](O)CC)COP(=O)(O)OC[C@@H](O)CO. The molecule has 0 amide bonds. The summed E-state index contributed by atoms with van der Waals surface area (Å²) >= 11 is 0. The van der Waals surface area contributed by atoms with Crippen LogP contribution in [0.15, 0.2) is 48.6 Å². The Morgan fingerprint density at radius 3 is 1.61 bits per heavy atom. The van der Waals surface area contributed by atoms with Gasteiger partial charge in [0.15, 0.2) is 6.10 Å². The Morgan fingerprint density at radius 2 is 1.07 bits per heavy atom. The molecule has 0 rings (SSSR count). The maximum absolute atomic E-state index is 12.6. The number of phosphoric ester groups is 1. The average Bonchev–Trinajstić information content (AvgIpc) is 3.16. The van der Waals surface area contributed by atoms with Gasteiger partial charge < -0.3 is 29.7 Å². The molecular weight excluding hydrogens is 711 g/mol. The summed E-state index contributed by atoms with van der Waals surface area (Å²) in [6, 6.07) is 0. The molecule has 0 aliphatic heterocycles. The van der Waals surface area contributed by atoms with E-state index in [0.717, 1.165) is 57.8 Å². The van der Waals surface area contributed by atoms with Crippen molar-refractivity contribution in [1.29, 1.82) is 0 Å². The van der Waals surface area contributed by atoms with Crippen LogP contribution in [0.2, 0.25) is 0 Å². The molecule has 4 N–H and O–H groups in total. The van der Waals surface area contributed by atoms with Crippen molar-refractivity contribution in [1.82, 2.24) is 0 Å². The zero-order valence-electron chi connectivity index (χ0n) is 33.5. The lowest BCUT2D eigenvalue weighted by molar-refractivity contribution is -0.161. The monoisotopic (exact) mass is 787 g/mol. The summed E-state index contributed by atoms with van der Waals surface area (Å²) in [5.41, 5.74) is 0. The fourth-order valence-electron chi connectivity index (χ4n) is 5.26. The van der Waals surface area contributed by atoms with Crippen LogP contribution in [-0.2, 0) is 32.7 Å². The largest absolute Gasteiger partial charge is 0.472 e.